The van der Waals surface area contributed by atoms with Gasteiger partial charge in [0.25, 0.3) is 5.69 Å². The minimum Gasteiger partial charge on any atom is -0.379 e. The van der Waals surface area contributed by atoms with Crippen LogP contribution >= 0.6 is 7.36 Å². The maximum Gasteiger partial charge on any atom is 0.271 e. The van der Waals surface area contributed by atoms with Crippen LogP contribution in [-0.2, 0) is 4.74 Å². The summed E-state index contributed by atoms with van der Waals surface area (Å²) in [4.78, 5) is 16.3. The van der Waals surface area contributed by atoms with Gasteiger partial charge in [-0.25, -0.2) is 23.5 Å². The molecular formula is C28H27FN7O3P. The number of morpholine rings is 1. The van der Waals surface area contributed by atoms with Crippen molar-refractivity contribution >= 4 is 35.7 Å². The SMILES string of the molecule is Cc1nn(-c2ccccc2)c2c1[P@](=Nc1cccc([N+](=O)[O-])c1)(N1CCOCC1)N(C)C(c1ccc(F)cc1)=N2. The molecule has 2 aliphatic rings. The van der Waals surface area contributed by atoms with Crippen LogP contribution in [0.3, 0.4) is 0 Å². The summed E-state index contributed by atoms with van der Waals surface area (Å²) in [5, 5.41) is 17.5. The smallest absolute Gasteiger partial charge is 0.271 e. The molecule has 0 unspecified atom stereocenters. The fourth-order valence-corrected chi connectivity index (χ4v) is 8.99. The predicted molar refractivity (Wildman–Crippen MR) is 153 cm³/mol. The molecule has 10 nitrogen and oxygen atoms in total. The molecule has 0 N–H and O–H groups in total. The van der Waals surface area contributed by atoms with E-state index in [9.17, 15) is 14.5 Å². The van der Waals surface area contributed by atoms with Crippen molar-refractivity contribution in [1.29, 1.82) is 0 Å². The molecule has 40 heavy (non-hydrogen) atoms. The summed E-state index contributed by atoms with van der Waals surface area (Å²) in [5.41, 5.74) is 2.78. The highest BCUT2D eigenvalue weighted by Gasteiger charge is 2.45. The monoisotopic (exact) mass is 559 g/mol. The Balaban J connectivity index is 1.70. The Kier molecular flexibility index (Phi) is 6.79. The number of para-hydroxylation sites is 1. The minimum atomic E-state index is -2.91. The molecule has 0 radical (unpaired) electrons. The summed E-state index contributed by atoms with van der Waals surface area (Å²) in [7, 11) is -0.969. The van der Waals surface area contributed by atoms with Gasteiger partial charge in [0.05, 0.1) is 40.5 Å². The van der Waals surface area contributed by atoms with Crippen LogP contribution < -0.4 is 5.30 Å². The summed E-state index contributed by atoms with van der Waals surface area (Å²) in [6, 6.07) is 22.4. The molecule has 0 saturated carbocycles. The highest BCUT2D eigenvalue weighted by molar-refractivity contribution is 7.70. The van der Waals surface area contributed by atoms with E-state index in [1.807, 2.05) is 49.0 Å². The number of rotatable bonds is 5. The molecular weight excluding hydrogens is 532 g/mol. The molecule has 0 aliphatic carbocycles. The van der Waals surface area contributed by atoms with E-state index in [0.29, 0.717) is 43.6 Å². The van der Waals surface area contributed by atoms with E-state index in [-0.39, 0.29) is 11.5 Å². The number of fused-ring (bicyclic) bond motifs is 1. The second-order valence-electron chi connectivity index (χ2n) is 9.48. The van der Waals surface area contributed by atoms with Gasteiger partial charge in [0, 0.05) is 37.8 Å². The van der Waals surface area contributed by atoms with Crippen LogP contribution in [0.15, 0.2) is 88.6 Å². The van der Waals surface area contributed by atoms with E-state index in [4.69, 9.17) is 19.6 Å². The molecule has 2 aliphatic heterocycles. The molecule has 3 heterocycles. The predicted octanol–water partition coefficient (Wildman–Crippen LogP) is 5.57. The largest absolute Gasteiger partial charge is 0.379 e. The van der Waals surface area contributed by atoms with E-state index in [2.05, 4.69) is 9.34 Å². The highest BCUT2D eigenvalue weighted by Crippen LogP contribution is 2.61. The number of ether oxygens (including phenoxy) is 1. The number of halogens is 1. The van der Waals surface area contributed by atoms with Gasteiger partial charge in [-0.1, -0.05) is 24.3 Å². The Labute approximate surface area is 230 Å². The van der Waals surface area contributed by atoms with Crippen LogP contribution in [0.4, 0.5) is 21.6 Å². The summed E-state index contributed by atoms with van der Waals surface area (Å²) in [6.07, 6.45) is 0. The van der Waals surface area contributed by atoms with Crippen molar-refractivity contribution in [2.45, 2.75) is 6.92 Å². The lowest BCUT2D eigenvalue weighted by Gasteiger charge is -2.46. The van der Waals surface area contributed by atoms with Crippen LogP contribution in [0, 0.1) is 22.9 Å². The Morgan fingerprint density at radius 1 is 1.02 bits per heavy atom. The molecule has 1 saturated heterocycles. The number of aromatic nitrogens is 2. The summed E-state index contributed by atoms with van der Waals surface area (Å²) in [5.74, 6) is 0.901. The van der Waals surface area contributed by atoms with E-state index >= 15 is 0 Å². The molecule has 6 rings (SSSR count). The first-order valence-electron chi connectivity index (χ1n) is 12.8. The molecule has 1 atom stereocenters. The Hall–Kier alpha value is -4.18. The van der Waals surface area contributed by atoms with Crippen molar-refractivity contribution in [2.24, 2.45) is 9.74 Å². The Bertz CT molecular complexity index is 1670. The van der Waals surface area contributed by atoms with Gasteiger partial charge in [-0.05, 0) is 49.4 Å². The maximum atomic E-state index is 14.0. The van der Waals surface area contributed by atoms with Crippen molar-refractivity contribution in [3.05, 3.63) is 106 Å². The van der Waals surface area contributed by atoms with Crippen molar-refractivity contribution < 1.29 is 14.1 Å². The first kappa shape index (κ1) is 26.1. The summed E-state index contributed by atoms with van der Waals surface area (Å²) in [6.45, 7) is 4.18. The number of nitrogens with zero attached hydrogens (tertiary/aromatic N) is 7. The maximum absolute atomic E-state index is 14.0. The van der Waals surface area contributed by atoms with Crippen LogP contribution in [-0.4, -0.2) is 63.2 Å². The fraction of sp³-hybridized carbons (Fsp3) is 0.214. The van der Waals surface area contributed by atoms with E-state index in [1.165, 1.54) is 24.3 Å². The summed E-state index contributed by atoms with van der Waals surface area (Å²) < 4.78 is 31.3. The van der Waals surface area contributed by atoms with Gasteiger partial charge in [-0.15, -0.1) is 0 Å². The van der Waals surface area contributed by atoms with Crippen molar-refractivity contribution in [2.75, 3.05) is 33.4 Å². The standard InChI is InChI=1S/C28H27FN7O3P/c1-20-26-28(35(31-20)24-8-4-3-5-9-24)30-27(21-11-13-22(29)14-12-21)33(2)40(26,34-15-17-39-18-16-34)32-23-7-6-10-25(19-23)36(37)38/h3-14,19H,15-18H2,1-2H3/t40-/m1/s1. The zero-order valence-electron chi connectivity index (χ0n) is 22.0. The number of amidine groups is 1. The molecule has 204 valence electrons. The third kappa shape index (κ3) is 4.42. The minimum absolute atomic E-state index is 0.0367. The zero-order chi connectivity index (χ0) is 27.9. The van der Waals surface area contributed by atoms with Crippen LogP contribution in [0.2, 0.25) is 0 Å². The quantitative estimate of drug-likeness (QED) is 0.180. The number of nitro groups is 1. The van der Waals surface area contributed by atoms with E-state index in [0.717, 1.165) is 22.2 Å². The first-order chi connectivity index (χ1) is 19.4. The number of hydrogen-bond donors (Lipinski definition) is 0. The van der Waals surface area contributed by atoms with Crippen LogP contribution in [0.5, 0.6) is 0 Å². The Morgan fingerprint density at radius 3 is 2.45 bits per heavy atom. The Morgan fingerprint density at radius 2 is 1.75 bits per heavy atom. The van der Waals surface area contributed by atoms with Gasteiger partial charge >= 0.3 is 0 Å². The molecule has 0 spiro atoms. The van der Waals surface area contributed by atoms with Gasteiger partial charge in [0.15, 0.2) is 13.2 Å². The van der Waals surface area contributed by atoms with Crippen molar-refractivity contribution in [3.8, 4) is 5.69 Å². The number of benzene rings is 3. The third-order valence-corrected chi connectivity index (χ3v) is 10.9. The third-order valence-electron chi connectivity index (χ3n) is 7.02. The second-order valence-corrected chi connectivity index (χ2v) is 12.4. The molecule has 0 bridgehead atoms. The van der Waals surface area contributed by atoms with E-state index in [1.54, 1.807) is 24.3 Å². The average molecular weight is 560 g/mol. The molecule has 1 aromatic heterocycles. The lowest BCUT2D eigenvalue weighted by Crippen LogP contribution is -2.45. The highest BCUT2D eigenvalue weighted by atomic mass is 31.2. The van der Waals surface area contributed by atoms with Crippen LogP contribution in [0.1, 0.15) is 11.3 Å². The average Bonchev–Trinajstić information content (AvgIpc) is 3.32. The van der Waals surface area contributed by atoms with Gasteiger partial charge in [0.2, 0.25) is 0 Å². The number of nitro benzene ring substituents is 1. The van der Waals surface area contributed by atoms with Gasteiger partial charge in [-0.2, -0.15) is 5.10 Å². The molecule has 4 aromatic rings. The fourth-order valence-electron chi connectivity index (χ4n) is 5.19. The molecule has 1 fully saturated rings. The molecule has 0 amide bonds. The second kappa shape index (κ2) is 10.4. The van der Waals surface area contributed by atoms with Crippen LogP contribution in [0.25, 0.3) is 5.69 Å². The number of hydrogen-bond acceptors (Lipinski definition) is 6. The van der Waals surface area contributed by atoms with Gasteiger partial charge in [0.1, 0.15) is 11.7 Å². The number of aryl methyl sites for hydroxylation is 1. The van der Waals surface area contributed by atoms with Gasteiger partial charge in [-0.3, -0.25) is 10.1 Å². The molecule has 12 heteroatoms. The lowest BCUT2D eigenvalue weighted by molar-refractivity contribution is -0.384. The normalized spacial score (nSPS) is 19.2. The summed E-state index contributed by atoms with van der Waals surface area (Å²) >= 11 is 0. The number of aliphatic imine (C=N–C) groups is 1. The van der Waals surface area contributed by atoms with Gasteiger partial charge < -0.3 is 9.41 Å². The van der Waals surface area contributed by atoms with Crippen molar-refractivity contribution in [3.63, 3.8) is 0 Å². The molecule has 3 aromatic carbocycles. The van der Waals surface area contributed by atoms with Crippen molar-refractivity contribution in [1.82, 2.24) is 19.1 Å². The lowest BCUT2D eigenvalue weighted by atomic mass is 10.2. The topological polar surface area (TPSA) is 101 Å². The first-order valence-corrected chi connectivity index (χ1v) is 14.5. The number of non-ortho nitro benzene ring substituents is 1. The zero-order valence-corrected chi connectivity index (χ0v) is 22.9. The van der Waals surface area contributed by atoms with E-state index < -0.39 is 12.3 Å².